The zero-order valence-corrected chi connectivity index (χ0v) is 14.0. The lowest BCUT2D eigenvalue weighted by atomic mass is 10.3. The van der Waals surface area contributed by atoms with E-state index in [0.717, 1.165) is 22.7 Å². The number of anilines is 2. The summed E-state index contributed by atoms with van der Waals surface area (Å²) in [6, 6.07) is 8.81. The first-order chi connectivity index (χ1) is 11.2. The van der Waals surface area contributed by atoms with Crippen molar-refractivity contribution in [2.45, 2.75) is 0 Å². The van der Waals surface area contributed by atoms with E-state index < -0.39 is 34.1 Å². The van der Waals surface area contributed by atoms with Crippen LogP contribution in [0.25, 0.3) is 0 Å². The molecule has 0 bridgehead atoms. The standard InChI is InChI=1S/C15H13ClF2N2O3S/c1-24(22,23)20(12-4-2-3-10(16)7-12)9-15(21)19-11-5-6-13(17)14(18)8-11/h2-8H,9H2,1H3,(H,19,21). The average Bonchev–Trinajstić information content (AvgIpc) is 2.47. The predicted octanol–water partition coefficient (Wildman–Crippen LogP) is 3.02. The van der Waals surface area contributed by atoms with E-state index in [-0.39, 0.29) is 11.4 Å². The van der Waals surface area contributed by atoms with Crippen LogP contribution in [-0.4, -0.2) is 27.1 Å². The number of amides is 1. The first kappa shape index (κ1) is 18.2. The second-order valence-electron chi connectivity index (χ2n) is 4.93. The highest BCUT2D eigenvalue weighted by atomic mass is 35.5. The molecular formula is C15H13ClF2N2O3S. The van der Waals surface area contributed by atoms with E-state index >= 15 is 0 Å². The van der Waals surface area contributed by atoms with Crippen molar-refractivity contribution in [3.63, 3.8) is 0 Å². The lowest BCUT2D eigenvalue weighted by Crippen LogP contribution is -2.37. The van der Waals surface area contributed by atoms with Crippen LogP contribution in [0.5, 0.6) is 0 Å². The number of hydrogen-bond donors (Lipinski definition) is 1. The van der Waals surface area contributed by atoms with Crippen molar-refractivity contribution in [1.82, 2.24) is 0 Å². The van der Waals surface area contributed by atoms with Gasteiger partial charge in [-0.15, -0.1) is 0 Å². The second kappa shape index (κ2) is 7.14. The monoisotopic (exact) mass is 374 g/mol. The van der Waals surface area contributed by atoms with E-state index in [1.165, 1.54) is 18.2 Å². The van der Waals surface area contributed by atoms with Gasteiger partial charge in [-0.2, -0.15) is 0 Å². The minimum atomic E-state index is -3.76. The molecule has 2 rings (SSSR count). The number of carbonyl (C=O) groups excluding carboxylic acids is 1. The fraction of sp³-hybridized carbons (Fsp3) is 0.133. The fourth-order valence-electron chi connectivity index (χ4n) is 1.94. The van der Waals surface area contributed by atoms with Gasteiger partial charge in [0.05, 0.1) is 11.9 Å². The van der Waals surface area contributed by atoms with Gasteiger partial charge in [-0.1, -0.05) is 17.7 Å². The smallest absolute Gasteiger partial charge is 0.245 e. The molecule has 0 aliphatic heterocycles. The van der Waals surface area contributed by atoms with Gasteiger partial charge in [-0.3, -0.25) is 9.10 Å². The fourth-order valence-corrected chi connectivity index (χ4v) is 2.97. The van der Waals surface area contributed by atoms with E-state index in [1.54, 1.807) is 12.1 Å². The van der Waals surface area contributed by atoms with E-state index in [1.807, 2.05) is 0 Å². The number of hydrogen-bond acceptors (Lipinski definition) is 3. The Balaban J connectivity index is 2.20. The van der Waals surface area contributed by atoms with Crippen LogP contribution in [0.1, 0.15) is 0 Å². The minimum absolute atomic E-state index is 0.0124. The quantitative estimate of drug-likeness (QED) is 0.874. The maximum atomic E-state index is 13.1. The Labute approximate surface area is 142 Å². The summed E-state index contributed by atoms with van der Waals surface area (Å²) in [4.78, 5) is 12.1. The third kappa shape index (κ3) is 4.65. The van der Waals surface area contributed by atoms with Crippen LogP contribution in [0.4, 0.5) is 20.2 Å². The lowest BCUT2D eigenvalue weighted by molar-refractivity contribution is -0.114. The maximum absolute atomic E-state index is 13.1. The molecule has 0 saturated carbocycles. The molecule has 0 saturated heterocycles. The summed E-state index contributed by atoms with van der Waals surface area (Å²) in [7, 11) is -3.76. The largest absolute Gasteiger partial charge is 0.324 e. The Morgan fingerprint density at radius 2 is 1.88 bits per heavy atom. The van der Waals surface area contributed by atoms with Crippen LogP contribution in [0.15, 0.2) is 42.5 Å². The van der Waals surface area contributed by atoms with Gasteiger partial charge in [0.1, 0.15) is 6.54 Å². The zero-order chi connectivity index (χ0) is 17.9. The Morgan fingerprint density at radius 1 is 1.17 bits per heavy atom. The molecule has 9 heteroatoms. The molecular weight excluding hydrogens is 362 g/mol. The van der Waals surface area contributed by atoms with Gasteiger partial charge in [0.25, 0.3) is 0 Å². The Bertz CT molecular complexity index is 875. The third-order valence-corrected chi connectivity index (χ3v) is 4.36. The van der Waals surface area contributed by atoms with Gasteiger partial charge < -0.3 is 5.32 Å². The van der Waals surface area contributed by atoms with Gasteiger partial charge >= 0.3 is 0 Å². The van der Waals surface area contributed by atoms with Crippen molar-refractivity contribution in [2.24, 2.45) is 0 Å². The lowest BCUT2D eigenvalue weighted by Gasteiger charge is -2.22. The molecule has 0 atom stereocenters. The number of benzene rings is 2. The molecule has 128 valence electrons. The maximum Gasteiger partial charge on any atom is 0.245 e. The van der Waals surface area contributed by atoms with Crippen molar-refractivity contribution in [3.8, 4) is 0 Å². The summed E-state index contributed by atoms with van der Waals surface area (Å²) >= 11 is 5.84. The number of halogens is 3. The van der Waals surface area contributed by atoms with Gasteiger partial charge in [-0.05, 0) is 30.3 Å². The van der Waals surface area contributed by atoms with E-state index in [4.69, 9.17) is 11.6 Å². The highest BCUT2D eigenvalue weighted by Gasteiger charge is 2.21. The highest BCUT2D eigenvalue weighted by Crippen LogP contribution is 2.22. The molecule has 0 heterocycles. The first-order valence-electron chi connectivity index (χ1n) is 6.65. The number of nitrogens with zero attached hydrogens (tertiary/aromatic N) is 1. The summed E-state index contributed by atoms with van der Waals surface area (Å²) < 4.78 is 50.7. The number of carbonyl (C=O) groups is 1. The molecule has 0 aromatic heterocycles. The first-order valence-corrected chi connectivity index (χ1v) is 8.87. The normalized spacial score (nSPS) is 11.2. The third-order valence-electron chi connectivity index (χ3n) is 2.99. The molecule has 5 nitrogen and oxygen atoms in total. The Hall–Kier alpha value is -2.19. The number of nitrogens with one attached hydrogen (secondary N) is 1. The Kier molecular flexibility index (Phi) is 5.40. The molecule has 0 radical (unpaired) electrons. The molecule has 0 aliphatic carbocycles. The van der Waals surface area contributed by atoms with E-state index in [9.17, 15) is 22.0 Å². The van der Waals surface area contributed by atoms with Gasteiger partial charge in [0.15, 0.2) is 11.6 Å². The minimum Gasteiger partial charge on any atom is -0.324 e. The van der Waals surface area contributed by atoms with Crippen molar-refractivity contribution in [3.05, 3.63) is 59.1 Å². The molecule has 0 aliphatic rings. The van der Waals surface area contributed by atoms with Gasteiger partial charge in [0.2, 0.25) is 15.9 Å². The SMILES string of the molecule is CS(=O)(=O)N(CC(=O)Nc1ccc(F)c(F)c1)c1cccc(Cl)c1. The van der Waals surface area contributed by atoms with Crippen LogP contribution in [-0.2, 0) is 14.8 Å². The highest BCUT2D eigenvalue weighted by molar-refractivity contribution is 7.92. The summed E-state index contributed by atoms with van der Waals surface area (Å²) in [5, 5.41) is 2.62. The summed E-state index contributed by atoms with van der Waals surface area (Å²) in [6.07, 6.45) is 0.943. The van der Waals surface area contributed by atoms with E-state index in [2.05, 4.69) is 5.32 Å². The van der Waals surface area contributed by atoms with Crippen molar-refractivity contribution < 1.29 is 22.0 Å². The van der Waals surface area contributed by atoms with Crippen LogP contribution in [0.2, 0.25) is 5.02 Å². The second-order valence-corrected chi connectivity index (χ2v) is 7.27. The summed E-state index contributed by atoms with van der Waals surface area (Å²) in [5.74, 6) is -2.89. The molecule has 1 amide bonds. The molecule has 1 N–H and O–H groups in total. The number of sulfonamides is 1. The predicted molar refractivity (Wildman–Crippen MR) is 88.6 cm³/mol. The van der Waals surface area contributed by atoms with Gasteiger partial charge in [0, 0.05) is 16.8 Å². The average molecular weight is 375 g/mol. The zero-order valence-electron chi connectivity index (χ0n) is 12.5. The topological polar surface area (TPSA) is 66.5 Å². The van der Waals surface area contributed by atoms with Gasteiger partial charge in [-0.25, -0.2) is 17.2 Å². The van der Waals surface area contributed by atoms with Crippen LogP contribution in [0, 0.1) is 11.6 Å². The summed E-state index contributed by atoms with van der Waals surface area (Å²) in [6.45, 7) is -0.543. The van der Waals surface area contributed by atoms with Crippen LogP contribution < -0.4 is 9.62 Å². The molecule has 0 unspecified atom stereocenters. The molecule has 0 spiro atoms. The Morgan fingerprint density at radius 3 is 2.46 bits per heavy atom. The van der Waals surface area contributed by atoms with Crippen LogP contribution in [0.3, 0.4) is 0 Å². The summed E-state index contributed by atoms with van der Waals surface area (Å²) in [5.41, 5.74) is 0.226. The molecule has 0 fully saturated rings. The molecule has 24 heavy (non-hydrogen) atoms. The molecule has 2 aromatic rings. The molecule has 2 aromatic carbocycles. The van der Waals surface area contributed by atoms with Crippen molar-refractivity contribution >= 4 is 38.9 Å². The van der Waals surface area contributed by atoms with Crippen molar-refractivity contribution in [1.29, 1.82) is 0 Å². The van der Waals surface area contributed by atoms with Crippen LogP contribution >= 0.6 is 11.6 Å². The van der Waals surface area contributed by atoms with E-state index in [0.29, 0.717) is 5.02 Å². The van der Waals surface area contributed by atoms with Crippen molar-refractivity contribution in [2.75, 3.05) is 22.4 Å². The number of rotatable bonds is 5.